The first-order valence-electron chi connectivity index (χ1n) is 9.78. The molecule has 3 aromatic rings. The summed E-state index contributed by atoms with van der Waals surface area (Å²) in [7, 11) is -1.10. The van der Waals surface area contributed by atoms with Gasteiger partial charge >= 0.3 is 0 Å². The second-order valence-corrected chi connectivity index (χ2v) is 10.2. The van der Waals surface area contributed by atoms with Gasteiger partial charge < -0.3 is 9.64 Å². The monoisotopic (exact) mass is 481 g/mol. The van der Waals surface area contributed by atoms with Gasteiger partial charge in [0.05, 0.1) is 4.90 Å². The van der Waals surface area contributed by atoms with Gasteiger partial charge in [-0.2, -0.15) is 9.36 Å². The van der Waals surface area contributed by atoms with E-state index >= 15 is 0 Å². The van der Waals surface area contributed by atoms with E-state index in [0.717, 1.165) is 36.4 Å². The summed E-state index contributed by atoms with van der Waals surface area (Å²) in [6, 6.07) is 10.8. The fraction of sp³-hybridized carbons (Fsp3) is 0.364. The van der Waals surface area contributed by atoms with Crippen LogP contribution in [0.2, 0.25) is 0 Å². The Kier molecular flexibility index (Phi) is 8.59. The topological polar surface area (TPSA) is 72.4 Å². The van der Waals surface area contributed by atoms with Crippen LogP contribution in [0.1, 0.15) is 23.6 Å². The average Bonchev–Trinajstić information content (AvgIpc) is 3.17. The molecule has 0 fully saturated rings. The summed E-state index contributed by atoms with van der Waals surface area (Å²) in [5, 5.41) is 0.457. The van der Waals surface area contributed by atoms with Gasteiger partial charge in [-0.3, -0.25) is 0 Å². The second kappa shape index (κ2) is 10.5. The van der Waals surface area contributed by atoms with Crippen LogP contribution in [-0.4, -0.2) is 49.1 Å². The number of ether oxygens (including phenoxy) is 1. The SMILES string of the molecule is CCN(C)CCc1cc(C)c(Oc2nc(-c3ccc(S(C)(=O)=O)cc3)ns2)cc1C.Cl. The Hall–Kier alpha value is -2.00. The van der Waals surface area contributed by atoms with Crippen LogP contribution >= 0.6 is 23.9 Å². The van der Waals surface area contributed by atoms with Gasteiger partial charge in [-0.15, -0.1) is 12.4 Å². The van der Waals surface area contributed by atoms with E-state index in [1.54, 1.807) is 24.3 Å². The Morgan fingerprint density at radius 3 is 2.39 bits per heavy atom. The van der Waals surface area contributed by atoms with Crippen molar-refractivity contribution in [3.05, 3.63) is 53.1 Å². The molecular formula is C22H28ClN3O3S2. The molecular weight excluding hydrogens is 454 g/mol. The van der Waals surface area contributed by atoms with Gasteiger partial charge in [-0.1, -0.05) is 13.0 Å². The zero-order valence-electron chi connectivity index (χ0n) is 18.4. The molecule has 0 N–H and O–H groups in total. The molecule has 0 atom stereocenters. The molecule has 0 aliphatic heterocycles. The predicted octanol–water partition coefficient (Wildman–Crippen LogP) is 4.93. The summed E-state index contributed by atoms with van der Waals surface area (Å²) >= 11 is 1.18. The van der Waals surface area contributed by atoms with Crippen molar-refractivity contribution in [3.63, 3.8) is 0 Å². The smallest absolute Gasteiger partial charge is 0.299 e. The molecule has 1 heterocycles. The quantitative estimate of drug-likeness (QED) is 0.454. The number of rotatable bonds is 8. The van der Waals surface area contributed by atoms with Crippen molar-refractivity contribution in [1.29, 1.82) is 0 Å². The number of aromatic nitrogens is 2. The van der Waals surface area contributed by atoms with Crippen molar-refractivity contribution in [3.8, 4) is 22.3 Å². The lowest BCUT2D eigenvalue weighted by Gasteiger charge is -2.16. The van der Waals surface area contributed by atoms with Gasteiger partial charge in [0, 0.05) is 29.9 Å². The fourth-order valence-electron chi connectivity index (χ4n) is 3.01. The van der Waals surface area contributed by atoms with Crippen molar-refractivity contribution in [2.45, 2.75) is 32.1 Å². The first-order chi connectivity index (χ1) is 14.2. The molecule has 0 bridgehead atoms. The zero-order valence-corrected chi connectivity index (χ0v) is 20.8. The molecule has 0 radical (unpaired) electrons. The molecule has 6 nitrogen and oxygen atoms in total. The minimum Gasteiger partial charge on any atom is -0.430 e. The number of nitrogens with zero attached hydrogens (tertiary/aromatic N) is 3. The number of likely N-dealkylation sites (N-methyl/N-ethyl adjacent to an activating group) is 1. The van der Waals surface area contributed by atoms with Crippen LogP contribution in [-0.2, 0) is 16.3 Å². The highest BCUT2D eigenvalue weighted by molar-refractivity contribution is 7.90. The summed E-state index contributed by atoms with van der Waals surface area (Å²) < 4.78 is 33.6. The van der Waals surface area contributed by atoms with Gasteiger partial charge in [0.15, 0.2) is 15.7 Å². The lowest BCUT2D eigenvalue weighted by atomic mass is 10.0. The third-order valence-corrected chi connectivity index (χ3v) is 6.81. The molecule has 0 spiro atoms. The van der Waals surface area contributed by atoms with Crippen molar-refractivity contribution in [1.82, 2.24) is 14.3 Å². The number of hydrogen-bond acceptors (Lipinski definition) is 7. The number of hydrogen-bond donors (Lipinski definition) is 0. The standard InChI is InChI=1S/C22H27N3O3S2.ClH/c1-6-25(4)12-11-18-13-16(3)20(14-15(18)2)28-22-23-21(24-29-22)17-7-9-19(10-8-17)30(5,26)27;/h7-10,13-14H,6,11-12H2,1-5H3;1H. The molecule has 31 heavy (non-hydrogen) atoms. The van der Waals surface area contributed by atoms with E-state index in [1.807, 2.05) is 6.92 Å². The molecule has 0 aliphatic rings. The van der Waals surface area contributed by atoms with Gasteiger partial charge in [-0.25, -0.2) is 8.42 Å². The summed E-state index contributed by atoms with van der Waals surface area (Å²) in [4.78, 5) is 7.03. The number of sulfone groups is 1. The normalized spacial score (nSPS) is 11.4. The lowest BCUT2D eigenvalue weighted by Crippen LogP contribution is -2.20. The maximum Gasteiger partial charge on any atom is 0.299 e. The molecule has 0 aliphatic carbocycles. The molecule has 2 aromatic carbocycles. The highest BCUT2D eigenvalue weighted by Crippen LogP contribution is 2.31. The van der Waals surface area contributed by atoms with Crippen LogP contribution in [0.15, 0.2) is 41.3 Å². The van der Waals surface area contributed by atoms with Gasteiger partial charge in [0.25, 0.3) is 5.19 Å². The molecule has 0 amide bonds. The minimum absolute atomic E-state index is 0. The van der Waals surface area contributed by atoms with Crippen LogP contribution in [0.25, 0.3) is 11.4 Å². The minimum atomic E-state index is -3.23. The first kappa shape index (κ1) is 25.3. The van der Waals surface area contributed by atoms with Gasteiger partial charge in [-0.05, 0) is 80.9 Å². The fourth-order valence-corrected chi connectivity index (χ4v) is 4.21. The van der Waals surface area contributed by atoms with Crippen molar-refractivity contribution < 1.29 is 13.2 Å². The molecule has 168 valence electrons. The third-order valence-electron chi connectivity index (χ3n) is 5.08. The average molecular weight is 482 g/mol. The van der Waals surface area contributed by atoms with Crippen molar-refractivity contribution in [2.75, 3.05) is 26.4 Å². The molecule has 1 aromatic heterocycles. The van der Waals surface area contributed by atoms with E-state index in [9.17, 15) is 8.42 Å². The van der Waals surface area contributed by atoms with Gasteiger partial charge in [0.1, 0.15) is 5.75 Å². The Balaban J connectivity index is 0.00000341. The van der Waals surface area contributed by atoms with E-state index in [2.05, 4.69) is 47.3 Å². The summed E-state index contributed by atoms with van der Waals surface area (Å²) in [5.41, 5.74) is 4.33. The zero-order chi connectivity index (χ0) is 21.9. The molecule has 0 unspecified atom stereocenters. The number of aryl methyl sites for hydroxylation is 2. The van der Waals surface area contributed by atoms with Gasteiger partial charge in [0.2, 0.25) is 0 Å². The van der Waals surface area contributed by atoms with Crippen LogP contribution in [0, 0.1) is 13.8 Å². The molecule has 0 saturated carbocycles. The molecule has 9 heteroatoms. The van der Waals surface area contributed by atoms with Crippen LogP contribution in [0.3, 0.4) is 0 Å². The van der Waals surface area contributed by atoms with E-state index in [1.165, 1.54) is 28.9 Å². The predicted molar refractivity (Wildman–Crippen MR) is 129 cm³/mol. The molecule has 0 saturated heterocycles. The maximum absolute atomic E-state index is 11.6. The first-order valence-corrected chi connectivity index (χ1v) is 12.4. The van der Waals surface area contributed by atoms with Crippen molar-refractivity contribution in [2.24, 2.45) is 0 Å². The Labute approximate surface area is 194 Å². The Morgan fingerprint density at radius 1 is 1.10 bits per heavy atom. The van der Waals surface area contributed by atoms with Crippen LogP contribution in [0.4, 0.5) is 0 Å². The summed E-state index contributed by atoms with van der Waals surface area (Å²) in [6.07, 6.45) is 2.19. The summed E-state index contributed by atoms with van der Waals surface area (Å²) in [5.74, 6) is 1.29. The maximum atomic E-state index is 11.6. The van der Waals surface area contributed by atoms with Crippen LogP contribution < -0.4 is 4.74 Å². The molecule has 3 rings (SSSR count). The van der Waals surface area contributed by atoms with E-state index in [4.69, 9.17) is 4.74 Å². The second-order valence-electron chi connectivity index (χ2n) is 7.47. The number of halogens is 1. The van der Waals surface area contributed by atoms with E-state index < -0.39 is 9.84 Å². The third kappa shape index (κ3) is 6.49. The van der Waals surface area contributed by atoms with E-state index in [-0.39, 0.29) is 17.3 Å². The highest BCUT2D eigenvalue weighted by Gasteiger charge is 2.13. The number of benzene rings is 2. The Bertz CT molecular complexity index is 1130. The van der Waals surface area contributed by atoms with E-state index in [0.29, 0.717) is 11.0 Å². The largest absolute Gasteiger partial charge is 0.430 e. The van der Waals surface area contributed by atoms with Crippen molar-refractivity contribution >= 4 is 33.8 Å². The summed E-state index contributed by atoms with van der Waals surface area (Å²) in [6.45, 7) is 8.35. The van der Waals surface area contributed by atoms with Crippen LogP contribution in [0.5, 0.6) is 10.9 Å². The Morgan fingerprint density at radius 2 is 1.77 bits per heavy atom. The lowest BCUT2D eigenvalue weighted by molar-refractivity contribution is 0.357. The highest BCUT2D eigenvalue weighted by atomic mass is 35.5.